The van der Waals surface area contributed by atoms with Crippen molar-refractivity contribution in [2.45, 2.75) is 26.4 Å². The number of likely N-dealkylation sites (N-methyl/N-ethyl adjacent to an activating group) is 1. The van der Waals surface area contributed by atoms with Crippen molar-refractivity contribution in [2.24, 2.45) is 5.73 Å². The molecule has 3 heteroatoms. The minimum atomic E-state index is -0.648. The molecule has 0 aliphatic rings. The quantitative estimate of drug-likeness (QED) is 0.597. The van der Waals surface area contributed by atoms with Crippen molar-refractivity contribution in [3.05, 3.63) is 12.2 Å². The van der Waals surface area contributed by atoms with Crippen molar-refractivity contribution >= 4 is 0 Å². The van der Waals surface area contributed by atoms with Gasteiger partial charge in [-0.1, -0.05) is 13.5 Å². The molecule has 0 heterocycles. The molecule has 0 spiro atoms. The summed E-state index contributed by atoms with van der Waals surface area (Å²) in [6.07, 6.45) is 0. The summed E-state index contributed by atoms with van der Waals surface area (Å²) in [5.41, 5.74) is 5.81. The van der Waals surface area contributed by atoms with Crippen molar-refractivity contribution in [3.63, 3.8) is 0 Å². The Balaban J connectivity index is 3.97. The van der Waals surface area contributed by atoms with E-state index < -0.39 is 5.60 Å². The molecule has 0 saturated heterocycles. The van der Waals surface area contributed by atoms with Gasteiger partial charge in [-0.05, 0) is 26.0 Å². The average molecular weight is 186 g/mol. The molecule has 0 amide bonds. The molecule has 0 atom stereocenters. The second-order valence-corrected chi connectivity index (χ2v) is 4.07. The second-order valence-electron chi connectivity index (χ2n) is 4.07. The second kappa shape index (κ2) is 5.37. The van der Waals surface area contributed by atoms with Gasteiger partial charge >= 0.3 is 0 Å². The van der Waals surface area contributed by atoms with Crippen LogP contribution in [0.4, 0.5) is 0 Å². The van der Waals surface area contributed by atoms with Crippen LogP contribution in [0.2, 0.25) is 0 Å². The molecular formula is C10H22N2O. The Morgan fingerprint density at radius 1 is 1.54 bits per heavy atom. The number of hydrogen-bond acceptors (Lipinski definition) is 3. The first-order valence-corrected chi connectivity index (χ1v) is 4.70. The van der Waals surface area contributed by atoms with E-state index in [1.54, 1.807) is 13.8 Å². The Morgan fingerprint density at radius 3 is 2.38 bits per heavy atom. The molecule has 0 aromatic rings. The predicted octanol–water partition coefficient (Wildman–Crippen LogP) is 0.594. The summed E-state index contributed by atoms with van der Waals surface area (Å²) in [5.74, 6) is 0. The van der Waals surface area contributed by atoms with Crippen LogP contribution in [-0.4, -0.2) is 41.8 Å². The van der Waals surface area contributed by atoms with Gasteiger partial charge in [0.25, 0.3) is 0 Å². The number of nitrogens with zero attached hydrogens (tertiary/aromatic N) is 1. The lowest BCUT2D eigenvalue weighted by Gasteiger charge is -2.28. The summed E-state index contributed by atoms with van der Waals surface area (Å²) in [4.78, 5) is 2.13. The number of hydrogen-bond donors (Lipinski definition) is 2. The highest BCUT2D eigenvalue weighted by Gasteiger charge is 2.16. The molecule has 0 bridgehead atoms. The summed E-state index contributed by atoms with van der Waals surface area (Å²) in [6.45, 7) is 12.4. The predicted molar refractivity (Wildman–Crippen MR) is 56.6 cm³/mol. The van der Waals surface area contributed by atoms with Gasteiger partial charge in [0.15, 0.2) is 0 Å². The summed E-state index contributed by atoms with van der Waals surface area (Å²) < 4.78 is 0. The Kier molecular flexibility index (Phi) is 5.21. The van der Waals surface area contributed by atoms with Gasteiger partial charge in [-0.3, -0.25) is 4.90 Å². The highest BCUT2D eigenvalue weighted by atomic mass is 16.3. The van der Waals surface area contributed by atoms with Crippen LogP contribution in [0.15, 0.2) is 12.2 Å². The molecule has 0 aromatic heterocycles. The maximum absolute atomic E-state index is 9.60. The zero-order chi connectivity index (χ0) is 10.5. The molecule has 0 aliphatic heterocycles. The van der Waals surface area contributed by atoms with Gasteiger partial charge in [-0.25, -0.2) is 0 Å². The molecule has 0 saturated carbocycles. The van der Waals surface area contributed by atoms with Crippen molar-refractivity contribution < 1.29 is 5.11 Å². The van der Waals surface area contributed by atoms with Crippen LogP contribution in [0, 0.1) is 0 Å². The zero-order valence-corrected chi connectivity index (χ0v) is 9.01. The summed E-state index contributed by atoms with van der Waals surface area (Å²) in [5, 5.41) is 9.60. The lowest BCUT2D eigenvalue weighted by Crippen LogP contribution is -2.40. The van der Waals surface area contributed by atoms with E-state index in [9.17, 15) is 5.11 Å². The normalized spacial score (nSPS) is 12.2. The highest BCUT2D eigenvalue weighted by molar-refractivity contribution is 4.99. The lowest BCUT2D eigenvalue weighted by molar-refractivity contribution is 0.0408. The number of rotatable bonds is 6. The van der Waals surface area contributed by atoms with E-state index >= 15 is 0 Å². The van der Waals surface area contributed by atoms with E-state index in [-0.39, 0.29) is 0 Å². The van der Waals surface area contributed by atoms with Crippen LogP contribution in [0.5, 0.6) is 0 Å². The Morgan fingerprint density at radius 2 is 2.08 bits per heavy atom. The molecule has 0 rings (SSSR count). The largest absolute Gasteiger partial charge is 0.389 e. The average Bonchev–Trinajstić information content (AvgIpc) is 2.00. The van der Waals surface area contributed by atoms with E-state index in [1.165, 1.54) is 0 Å². The zero-order valence-electron chi connectivity index (χ0n) is 9.01. The first kappa shape index (κ1) is 12.6. The fraction of sp³-hybridized carbons (Fsp3) is 0.800. The van der Waals surface area contributed by atoms with E-state index in [1.807, 2.05) is 0 Å². The maximum Gasteiger partial charge on any atom is 0.0718 e. The fourth-order valence-corrected chi connectivity index (χ4v) is 1.21. The molecule has 0 aliphatic carbocycles. The number of nitrogens with two attached hydrogens (primary N) is 1. The highest BCUT2D eigenvalue weighted by Crippen LogP contribution is 2.05. The van der Waals surface area contributed by atoms with Crippen LogP contribution in [0.3, 0.4) is 0 Å². The summed E-state index contributed by atoms with van der Waals surface area (Å²) >= 11 is 0. The number of aliphatic hydroxyl groups is 1. The molecule has 78 valence electrons. The monoisotopic (exact) mass is 186 g/mol. The molecule has 0 aromatic carbocycles. The van der Waals surface area contributed by atoms with Gasteiger partial charge in [0, 0.05) is 19.6 Å². The molecular weight excluding hydrogens is 164 g/mol. The van der Waals surface area contributed by atoms with Gasteiger partial charge in [0.1, 0.15) is 0 Å². The van der Waals surface area contributed by atoms with Crippen LogP contribution in [0.1, 0.15) is 20.8 Å². The van der Waals surface area contributed by atoms with Crippen molar-refractivity contribution in [1.29, 1.82) is 0 Å². The molecule has 3 N–H and O–H groups in total. The topological polar surface area (TPSA) is 49.5 Å². The van der Waals surface area contributed by atoms with E-state index in [0.717, 1.165) is 18.7 Å². The van der Waals surface area contributed by atoms with Gasteiger partial charge in [0.05, 0.1) is 5.60 Å². The van der Waals surface area contributed by atoms with Crippen LogP contribution >= 0.6 is 0 Å². The SMILES string of the molecule is C=C(CN)CN(CC)CC(C)(C)O. The third kappa shape index (κ3) is 6.75. The molecule has 0 fully saturated rings. The minimum absolute atomic E-state index is 0.516. The smallest absolute Gasteiger partial charge is 0.0718 e. The van der Waals surface area contributed by atoms with Crippen LogP contribution in [0.25, 0.3) is 0 Å². The third-order valence-corrected chi connectivity index (χ3v) is 1.79. The van der Waals surface area contributed by atoms with Gasteiger partial charge in [0.2, 0.25) is 0 Å². The first-order chi connectivity index (χ1) is 5.89. The van der Waals surface area contributed by atoms with E-state index in [2.05, 4.69) is 18.4 Å². The Bertz CT molecular complexity index is 161. The fourth-order valence-electron chi connectivity index (χ4n) is 1.21. The Hall–Kier alpha value is -0.380. The van der Waals surface area contributed by atoms with E-state index in [0.29, 0.717) is 13.1 Å². The maximum atomic E-state index is 9.60. The van der Waals surface area contributed by atoms with Crippen molar-refractivity contribution in [2.75, 3.05) is 26.2 Å². The molecule has 3 nitrogen and oxygen atoms in total. The lowest BCUT2D eigenvalue weighted by atomic mass is 10.1. The van der Waals surface area contributed by atoms with Crippen molar-refractivity contribution in [3.8, 4) is 0 Å². The van der Waals surface area contributed by atoms with Gasteiger partial charge < -0.3 is 10.8 Å². The summed E-state index contributed by atoms with van der Waals surface area (Å²) in [6, 6.07) is 0. The van der Waals surface area contributed by atoms with Crippen molar-refractivity contribution in [1.82, 2.24) is 4.90 Å². The minimum Gasteiger partial charge on any atom is -0.389 e. The molecule has 0 radical (unpaired) electrons. The third-order valence-electron chi connectivity index (χ3n) is 1.79. The standard InChI is InChI=1S/C10H22N2O/c1-5-12(7-9(2)6-11)8-10(3,4)13/h13H,2,5-8,11H2,1,3-4H3. The van der Waals surface area contributed by atoms with Gasteiger partial charge in [-0.2, -0.15) is 0 Å². The molecule has 0 unspecified atom stereocenters. The van der Waals surface area contributed by atoms with Crippen LogP contribution < -0.4 is 5.73 Å². The first-order valence-electron chi connectivity index (χ1n) is 4.70. The van der Waals surface area contributed by atoms with Crippen LogP contribution in [-0.2, 0) is 0 Å². The molecule has 13 heavy (non-hydrogen) atoms. The van der Waals surface area contributed by atoms with E-state index in [4.69, 9.17) is 5.73 Å². The summed E-state index contributed by atoms with van der Waals surface area (Å²) in [7, 11) is 0. The Labute approximate surface area is 81.2 Å². The van der Waals surface area contributed by atoms with Gasteiger partial charge in [-0.15, -0.1) is 0 Å².